The number of hydrogen-bond donors (Lipinski definition) is 1. The summed E-state index contributed by atoms with van der Waals surface area (Å²) in [6.07, 6.45) is 0. The molecule has 0 aliphatic rings. The number of anilines is 1. The van der Waals surface area contributed by atoms with Gasteiger partial charge >= 0.3 is 0 Å². The van der Waals surface area contributed by atoms with E-state index >= 15 is 0 Å². The van der Waals surface area contributed by atoms with Gasteiger partial charge in [0.05, 0.1) is 4.90 Å². The molecule has 13 heavy (non-hydrogen) atoms. The Bertz CT molecular complexity index is 426. The molecule has 0 unspecified atom stereocenters. The van der Waals surface area contributed by atoms with Crippen LogP contribution in [0.15, 0.2) is 40.1 Å². The van der Waals surface area contributed by atoms with Gasteiger partial charge in [0.15, 0.2) is 0 Å². The van der Waals surface area contributed by atoms with E-state index in [0.29, 0.717) is 5.69 Å². The van der Waals surface area contributed by atoms with Crippen LogP contribution in [0, 0.1) is 0 Å². The minimum atomic E-state index is -3.43. The van der Waals surface area contributed by atoms with Crippen molar-refractivity contribution in [2.75, 3.05) is 5.73 Å². The van der Waals surface area contributed by atoms with Crippen LogP contribution in [0.4, 0.5) is 5.69 Å². The number of halogens is 1. The van der Waals surface area contributed by atoms with Gasteiger partial charge in [-0.15, -0.1) is 0 Å². The first kappa shape index (κ1) is 10.1. The number of benzene rings is 1. The highest BCUT2D eigenvalue weighted by molar-refractivity contribution is 7.94. The highest BCUT2D eigenvalue weighted by Gasteiger charge is 2.09. The summed E-state index contributed by atoms with van der Waals surface area (Å²) in [6, 6.07) is 6.03. The molecule has 0 aliphatic carbocycles. The molecule has 0 atom stereocenters. The summed E-state index contributed by atoms with van der Waals surface area (Å²) in [5, 5.41) is 0.920. The second kappa shape index (κ2) is 3.81. The molecule has 0 aliphatic heterocycles. The fourth-order valence-electron chi connectivity index (χ4n) is 0.838. The van der Waals surface area contributed by atoms with Gasteiger partial charge < -0.3 is 5.73 Å². The van der Waals surface area contributed by atoms with E-state index in [1.165, 1.54) is 12.1 Å². The highest BCUT2D eigenvalue weighted by atomic mass is 35.5. The van der Waals surface area contributed by atoms with Crippen LogP contribution in [-0.4, -0.2) is 8.42 Å². The van der Waals surface area contributed by atoms with Gasteiger partial charge in [0.2, 0.25) is 9.84 Å². The smallest absolute Gasteiger partial charge is 0.200 e. The van der Waals surface area contributed by atoms with Gasteiger partial charge in [-0.2, -0.15) is 0 Å². The highest BCUT2D eigenvalue weighted by Crippen LogP contribution is 2.15. The van der Waals surface area contributed by atoms with Crippen molar-refractivity contribution in [3.63, 3.8) is 0 Å². The molecule has 0 saturated heterocycles. The predicted molar refractivity (Wildman–Crippen MR) is 53.0 cm³/mol. The van der Waals surface area contributed by atoms with Crippen molar-refractivity contribution in [3.8, 4) is 0 Å². The van der Waals surface area contributed by atoms with E-state index in [-0.39, 0.29) is 4.90 Å². The zero-order valence-electron chi connectivity index (χ0n) is 6.64. The van der Waals surface area contributed by atoms with Crippen LogP contribution in [0.5, 0.6) is 0 Å². The van der Waals surface area contributed by atoms with Crippen molar-refractivity contribution in [3.05, 3.63) is 35.2 Å². The summed E-state index contributed by atoms with van der Waals surface area (Å²) in [5.74, 6) is 0. The first-order valence-electron chi connectivity index (χ1n) is 3.43. The number of hydrogen-bond acceptors (Lipinski definition) is 3. The normalized spacial score (nSPS) is 12.1. The fourth-order valence-corrected chi connectivity index (χ4v) is 2.11. The van der Waals surface area contributed by atoms with Crippen molar-refractivity contribution in [1.82, 2.24) is 0 Å². The molecular formula is C8H8ClNO2S. The fraction of sp³-hybridized carbons (Fsp3) is 0. The third-order valence-electron chi connectivity index (χ3n) is 1.42. The first-order chi connectivity index (χ1) is 6.06. The van der Waals surface area contributed by atoms with Crippen LogP contribution >= 0.6 is 11.6 Å². The molecule has 1 aromatic carbocycles. The summed E-state index contributed by atoms with van der Waals surface area (Å²) in [5.41, 5.74) is 6.79. The van der Waals surface area contributed by atoms with Gasteiger partial charge in [-0.3, -0.25) is 0 Å². The van der Waals surface area contributed by atoms with E-state index in [2.05, 4.69) is 0 Å². The molecule has 0 radical (unpaired) electrons. The van der Waals surface area contributed by atoms with E-state index in [9.17, 15) is 8.42 Å². The minimum Gasteiger partial charge on any atom is -0.399 e. The zero-order valence-corrected chi connectivity index (χ0v) is 8.22. The Morgan fingerprint density at radius 3 is 2.62 bits per heavy atom. The summed E-state index contributed by atoms with van der Waals surface area (Å²) < 4.78 is 22.7. The monoisotopic (exact) mass is 217 g/mol. The first-order valence-corrected chi connectivity index (χ1v) is 5.42. The molecule has 70 valence electrons. The van der Waals surface area contributed by atoms with Crippen molar-refractivity contribution in [1.29, 1.82) is 0 Å². The average Bonchev–Trinajstić information content (AvgIpc) is 2.04. The van der Waals surface area contributed by atoms with Crippen molar-refractivity contribution < 1.29 is 8.42 Å². The van der Waals surface area contributed by atoms with E-state index in [0.717, 1.165) is 10.9 Å². The Balaban J connectivity index is 3.23. The summed E-state index contributed by atoms with van der Waals surface area (Å²) in [6.45, 7) is 0. The van der Waals surface area contributed by atoms with Gasteiger partial charge in [0.1, 0.15) is 0 Å². The lowest BCUT2D eigenvalue weighted by atomic mass is 10.3. The average molecular weight is 218 g/mol. The van der Waals surface area contributed by atoms with Gasteiger partial charge in [-0.1, -0.05) is 17.7 Å². The lowest BCUT2D eigenvalue weighted by Gasteiger charge is -1.98. The SMILES string of the molecule is Nc1cccc(S(=O)(=O)/C=C/Cl)c1. The summed E-state index contributed by atoms with van der Waals surface area (Å²) >= 11 is 5.18. The molecule has 0 heterocycles. The van der Waals surface area contributed by atoms with Crippen LogP contribution < -0.4 is 5.73 Å². The van der Waals surface area contributed by atoms with Gasteiger partial charge in [-0.25, -0.2) is 8.42 Å². The summed E-state index contributed by atoms with van der Waals surface area (Å²) in [7, 11) is -3.43. The predicted octanol–water partition coefficient (Wildman–Crippen LogP) is 1.75. The molecule has 3 nitrogen and oxygen atoms in total. The Morgan fingerprint density at radius 1 is 1.38 bits per heavy atom. The molecule has 5 heteroatoms. The Kier molecular flexibility index (Phi) is 2.95. The maximum Gasteiger partial charge on any atom is 0.200 e. The van der Waals surface area contributed by atoms with Crippen molar-refractivity contribution in [2.45, 2.75) is 4.90 Å². The Morgan fingerprint density at radius 2 is 2.08 bits per heavy atom. The van der Waals surface area contributed by atoms with E-state index in [1.54, 1.807) is 12.1 Å². The van der Waals surface area contributed by atoms with Crippen molar-refractivity contribution in [2.24, 2.45) is 0 Å². The largest absolute Gasteiger partial charge is 0.399 e. The van der Waals surface area contributed by atoms with E-state index < -0.39 is 9.84 Å². The quantitative estimate of drug-likeness (QED) is 0.768. The second-order valence-corrected chi connectivity index (χ2v) is 4.47. The minimum absolute atomic E-state index is 0.143. The molecule has 0 spiro atoms. The second-order valence-electron chi connectivity index (χ2n) is 2.38. The van der Waals surface area contributed by atoms with Crippen molar-refractivity contribution >= 4 is 27.1 Å². The van der Waals surface area contributed by atoms with Gasteiger partial charge in [-0.05, 0) is 18.2 Å². The molecule has 1 rings (SSSR count). The molecule has 0 fully saturated rings. The standard InChI is InChI=1S/C8H8ClNO2S/c9-4-5-13(11,12)8-3-1-2-7(10)6-8/h1-6H,10H2/b5-4+. The molecular weight excluding hydrogens is 210 g/mol. The maximum absolute atomic E-state index is 11.4. The number of rotatable bonds is 2. The molecule has 0 saturated carbocycles. The van der Waals surface area contributed by atoms with Crippen LogP contribution in [-0.2, 0) is 9.84 Å². The molecule has 0 amide bonds. The van der Waals surface area contributed by atoms with Gasteiger partial charge in [0.25, 0.3) is 0 Å². The Hall–Kier alpha value is -1.00. The van der Waals surface area contributed by atoms with E-state index in [4.69, 9.17) is 17.3 Å². The van der Waals surface area contributed by atoms with Gasteiger partial charge in [0, 0.05) is 16.6 Å². The molecule has 0 aromatic heterocycles. The number of nitrogens with two attached hydrogens (primary N) is 1. The summed E-state index contributed by atoms with van der Waals surface area (Å²) in [4.78, 5) is 0.143. The lowest BCUT2D eigenvalue weighted by molar-refractivity contribution is 0.604. The topological polar surface area (TPSA) is 60.2 Å². The number of sulfone groups is 1. The number of nitrogen functional groups attached to an aromatic ring is 1. The van der Waals surface area contributed by atoms with Crippen LogP contribution in [0.3, 0.4) is 0 Å². The molecule has 2 N–H and O–H groups in total. The van der Waals surface area contributed by atoms with E-state index in [1.807, 2.05) is 0 Å². The van der Waals surface area contributed by atoms with Crippen LogP contribution in [0.1, 0.15) is 0 Å². The maximum atomic E-state index is 11.4. The van der Waals surface area contributed by atoms with Crippen LogP contribution in [0.2, 0.25) is 0 Å². The molecule has 0 bridgehead atoms. The third kappa shape index (κ3) is 2.47. The van der Waals surface area contributed by atoms with Crippen LogP contribution in [0.25, 0.3) is 0 Å². The zero-order chi connectivity index (χ0) is 9.90. The molecule has 1 aromatic rings. The Labute approximate surface area is 81.7 Å². The third-order valence-corrected chi connectivity index (χ3v) is 3.10. The lowest BCUT2D eigenvalue weighted by Crippen LogP contribution is -1.96.